The molecule has 30 heavy (non-hydrogen) atoms. The zero-order chi connectivity index (χ0) is 22.8. The van der Waals surface area contributed by atoms with Crippen LogP contribution in [-0.4, -0.2) is 72.8 Å². The van der Waals surface area contributed by atoms with Crippen LogP contribution in [0.2, 0.25) is 0 Å². The maximum Gasteiger partial charge on any atom is 0.432 e. The number of alkyl halides is 5. The molecule has 0 spiro atoms. The van der Waals surface area contributed by atoms with E-state index in [0.717, 1.165) is 0 Å². The first-order valence-corrected chi connectivity index (χ1v) is 9.36. The monoisotopic (exact) mass is 466 g/mol. The highest BCUT2D eigenvalue weighted by molar-refractivity contribution is 7.86. The van der Waals surface area contributed by atoms with Crippen LogP contribution in [0.1, 0.15) is 0 Å². The van der Waals surface area contributed by atoms with Crippen LogP contribution in [-0.2, 0) is 43.4 Å². The number of esters is 3. The number of ether oxygens (including phenoxy) is 4. The number of halogens is 5. The smallest absolute Gasteiger partial charge is 0.432 e. The minimum absolute atomic E-state index is 0.694. The number of hydrogen-bond acceptors (Lipinski definition) is 9. The Morgan fingerprint density at radius 1 is 1.17 bits per heavy atom. The van der Waals surface area contributed by atoms with Crippen LogP contribution in [0.4, 0.5) is 22.0 Å². The summed E-state index contributed by atoms with van der Waals surface area (Å²) in [5.41, 5.74) is 0. The lowest BCUT2D eigenvalue weighted by Gasteiger charge is -2.30. The SMILES string of the molecule is C=CC(=O)OC1C2OC(=O)C3C2OC1C3C(=O)OC(C(F)(F)F)C(F)(F)S(=O)(=O)O. The van der Waals surface area contributed by atoms with Gasteiger partial charge in [-0.25, -0.2) is 4.79 Å². The number of hydrogen-bond donors (Lipinski definition) is 1. The molecule has 3 aliphatic heterocycles. The molecule has 1 N–H and O–H groups in total. The molecule has 7 atom stereocenters. The van der Waals surface area contributed by atoms with Gasteiger partial charge in [0.2, 0.25) is 0 Å². The van der Waals surface area contributed by atoms with Crippen LogP contribution in [0.3, 0.4) is 0 Å². The summed E-state index contributed by atoms with van der Waals surface area (Å²) < 4.78 is 115. The van der Waals surface area contributed by atoms with Crippen LogP contribution in [0, 0.1) is 11.8 Å². The molecule has 2 bridgehead atoms. The van der Waals surface area contributed by atoms with Crippen LogP contribution < -0.4 is 0 Å². The van der Waals surface area contributed by atoms with Gasteiger partial charge in [0.15, 0.2) is 12.2 Å². The van der Waals surface area contributed by atoms with Gasteiger partial charge in [0.05, 0.1) is 0 Å². The lowest BCUT2D eigenvalue weighted by atomic mass is 9.78. The molecule has 0 aromatic carbocycles. The van der Waals surface area contributed by atoms with Gasteiger partial charge in [-0.2, -0.15) is 30.4 Å². The summed E-state index contributed by atoms with van der Waals surface area (Å²) in [5.74, 6) is -7.83. The van der Waals surface area contributed by atoms with Crippen LogP contribution in [0.25, 0.3) is 0 Å². The standard InChI is InChI=1S/C14H11F5O10S/c1-2-3(20)26-8-6-5(4-7(27-6)9(8)28-10(4)21)11(22)29-12(13(15,16)17)14(18,19)30(23,24)25/h2,4-9,12H,1H2,(H,23,24,25). The molecule has 0 saturated carbocycles. The van der Waals surface area contributed by atoms with Gasteiger partial charge in [0.1, 0.15) is 24.0 Å². The lowest BCUT2D eigenvalue weighted by Crippen LogP contribution is -2.54. The van der Waals surface area contributed by atoms with Gasteiger partial charge >= 0.3 is 39.5 Å². The normalized spacial score (nSPS) is 33.7. The fourth-order valence-electron chi connectivity index (χ4n) is 3.58. The third kappa shape index (κ3) is 3.31. The van der Waals surface area contributed by atoms with E-state index in [4.69, 9.17) is 18.8 Å². The summed E-state index contributed by atoms with van der Waals surface area (Å²) in [5, 5.41) is -5.95. The Balaban J connectivity index is 1.91. The zero-order valence-electron chi connectivity index (χ0n) is 14.2. The van der Waals surface area contributed by atoms with Gasteiger partial charge in [0, 0.05) is 6.08 Å². The molecule has 3 rings (SSSR count). The maximum atomic E-state index is 13.6. The summed E-state index contributed by atoms with van der Waals surface area (Å²) >= 11 is 0. The third-order valence-corrected chi connectivity index (χ3v) is 5.68. The molecule has 16 heteroatoms. The van der Waals surface area contributed by atoms with E-state index in [9.17, 15) is 44.8 Å². The maximum absolute atomic E-state index is 13.6. The van der Waals surface area contributed by atoms with E-state index in [2.05, 4.69) is 11.3 Å². The minimum Gasteiger partial charge on any atom is -0.455 e. The fraction of sp³-hybridized carbons (Fsp3) is 0.643. The summed E-state index contributed by atoms with van der Waals surface area (Å²) in [6.45, 7) is 3.11. The van der Waals surface area contributed by atoms with Crippen LogP contribution in [0.5, 0.6) is 0 Å². The van der Waals surface area contributed by atoms with Crippen molar-refractivity contribution >= 4 is 28.0 Å². The van der Waals surface area contributed by atoms with Crippen LogP contribution in [0.15, 0.2) is 12.7 Å². The molecule has 0 aromatic rings. The van der Waals surface area contributed by atoms with Crippen molar-refractivity contribution in [1.82, 2.24) is 0 Å². The molecule has 168 valence electrons. The predicted octanol–water partition coefficient (Wildman–Crippen LogP) is -0.0223. The zero-order valence-corrected chi connectivity index (χ0v) is 15.1. The topological polar surface area (TPSA) is 142 Å². The van der Waals surface area contributed by atoms with Gasteiger partial charge in [0.25, 0.3) is 6.10 Å². The first kappa shape index (κ1) is 22.4. The van der Waals surface area contributed by atoms with Crippen molar-refractivity contribution in [2.24, 2.45) is 11.8 Å². The predicted molar refractivity (Wildman–Crippen MR) is 78.0 cm³/mol. The van der Waals surface area contributed by atoms with Crippen molar-refractivity contribution in [1.29, 1.82) is 0 Å². The molecule has 0 radical (unpaired) electrons. The molecule has 3 saturated heterocycles. The Labute approximate surface area is 163 Å². The molecular weight excluding hydrogens is 455 g/mol. The second kappa shape index (κ2) is 6.84. The minimum atomic E-state index is -6.65. The molecule has 7 unspecified atom stereocenters. The highest BCUT2D eigenvalue weighted by atomic mass is 32.2. The van der Waals surface area contributed by atoms with Gasteiger partial charge in [-0.1, -0.05) is 6.58 Å². The number of rotatable bonds is 6. The van der Waals surface area contributed by atoms with Crippen molar-refractivity contribution in [2.45, 2.75) is 42.0 Å². The summed E-state index contributed by atoms with van der Waals surface area (Å²) in [7, 11) is -6.65. The van der Waals surface area contributed by atoms with Crippen molar-refractivity contribution in [3.8, 4) is 0 Å². The fourth-order valence-corrected chi connectivity index (χ4v) is 4.03. The van der Waals surface area contributed by atoms with Crippen LogP contribution >= 0.6 is 0 Å². The van der Waals surface area contributed by atoms with E-state index in [0.29, 0.717) is 6.08 Å². The molecular formula is C14H11F5O10S. The van der Waals surface area contributed by atoms with E-state index in [-0.39, 0.29) is 0 Å². The Morgan fingerprint density at radius 3 is 2.27 bits per heavy atom. The molecule has 0 aliphatic carbocycles. The van der Waals surface area contributed by atoms with Gasteiger partial charge < -0.3 is 18.9 Å². The van der Waals surface area contributed by atoms with Crippen molar-refractivity contribution < 1.29 is 68.3 Å². The first-order chi connectivity index (χ1) is 13.6. The van der Waals surface area contributed by atoms with Gasteiger partial charge in [-0.15, -0.1) is 0 Å². The highest BCUT2D eigenvalue weighted by Crippen LogP contribution is 2.52. The van der Waals surface area contributed by atoms with Crippen molar-refractivity contribution in [3.05, 3.63) is 12.7 Å². The average Bonchev–Trinajstić information content (AvgIpc) is 3.20. The van der Waals surface area contributed by atoms with Gasteiger partial charge in [-0.05, 0) is 0 Å². The highest BCUT2D eigenvalue weighted by Gasteiger charge is 2.73. The molecule has 0 amide bonds. The molecule has 0 aromatic heterocycles. The van der Waals surface area contributed by atoms with E-state index in [1.807, 2.05) is 0 Å². The molecule has 3 aliphatic rings. The number of fused-ring (bicyclic) bond motifs is 1. The number of carbonyl (C=O) groups excluding carboxylic acids is 3. The van der Waals surface area contributed by atoms with E-state index >= 15 is 0 Å². The Kier molecular flexibility index (Phi) is 5.10. The summed E-state index contributed by atoms with van der Waals surface area (Å²) in [6.07, 6.45) is -15.5. The Hall–Kier alpha value is -2.33. The first-order valence-electron chi connectivity index (χ1n) is 7.92. The van der Waals surface area contributed by atoms with E-state index in [1.54, 1.807) is 0 Å². The quantitative estimate of drug-likeness (QED) is 0.187. The summed E-state index contributed by atoms with van der Waals surface area (Å²) in [6, 6.07) is 0. The third-order valence-electron chi connectivity index (χ3n) is 4.78. The molecule has 3 heterocycles. The van der Waals surface area contributed by atoms with E-state index < -0.39 is 81.8 Å². The second-order valence-electron chi connectivity index (χ2n) is 6.52. The molecule has 10 nitrogen and oxygen atoms in total. The van der Waals surface area contributed by atoms with Crippen molar-refractivity contribution in [3.63, 3.8) is 0 Å². The average molecular weight is 466 g/mol. The van der Waals surface area contributed by atoms with Crippen molar-refractivity contribution in [2.75, 3.05) is 0 Å². The Morgan fingerprint density at radius 2 is 1.77 bits per heavy atom. The second-order valence-corrected chi connectivity index (χ2v) is 8.01. The summed E-state index contributed by atoms with van der Waals surface area (Å²) in [4.78, 5) is 35.7. The number of carbonyl (C=O) groups is 3. The largest absolute Gasteiger partial charge is 0.455 e. The van der Waals surface area contributed by atoms with Gasteiger partial charge in [-0.3, -0.25) is 14.1 Å². The van der Waals surface area contributed by atoms with E-state index in [1.165, 1.54) is 0 Å². The Bertz CT molecular complexity index is 899. The lowest BCUT2D eigenvalue weighted by molar-refractivity contribution is -0.261. The molecule has 3 fully saturated rings.